The van der Waals surface area contributed by atoms with Gasteiger partial charge in [0.1, 0.15) is 35.8 Å². The number of benzene rings is 6. The second-order valence-electron chi connectivity index (χ2n) is 20.3. The van der Waals surface area contributed by atoms with Gasteiger partial charge in [-0.1, -0.05) is 140 Å². The first-order chi connectivity index (χ1) is 38.1. The lowest BCUT2D eigenvalue weighted by molar-refractivity contribution is -0.131. The monoisotopic (exact) mass is 1100 g/mol. The number of rotatable bonds is 21. The van der Waals surface area contributed by atoms with E-state index in [1.54, 1.807) is 36.4 Å². The molecule has 10 rings (SSSR count). The largest absolute Gasteiger partial charge is 0.489 e. The molecule has 2 heterocycles. The molecule has 6 atom stereocenters. The Morgan fingerprint density at radius 1 is 0.595 bits per heavy atom. The van der Waals surface area contributed by atoms with Crippen molar-refractivity contribution in [2.24, 2.45) is 23.7 Å². The van der Waals surface area contributed by atoms with Crippen molar-refractivity contribution in [1.29, 1.82) is 0 Å². The molecule has 0 bridgehead atoms. The Bertz CT molecular complexity index is 3420. The number of amides is 4. The molecule has 0 unspecified atom stereocenters. The number of hydrogen-bond donors (Lipinski definition) is 5. The molecule has 2 saturated heterocycles. The topological polar surface area (TPSA) is 218 Å². The Balaban J connectivity index is 0.000000203. The molecule has 18 heteroatoms. The first kappa shape index (κ1) is 55.8. The summed E-state index contributed by atoms with van der Waals surface area (Å²) in [5.74, 6) is -2.59. The van der Waals surface area contributed by atoms with Crippen LogP contribution in [0.15, 0.2) is 199 Å². The Morgan fingerprint density at radius 2 is 1.08 bits per heavy atom. The number of hydrogen-bond acceptors (Lipinski definition) is 12. The summed E-state index contributed by atoms with van der Waals surface area (Å²) >= 11 is 0. The maximum Gasteiger partial charge on any atom is 0.264 e. The number of carbonyl (C=O) groups is 4. The van der Waals surface area contributed by atoms with E-state index < -0.39 is 42.9 Å². The minimum atomic E-state index is -4.24. The smallest absolute Gasteiger partial charge is 0.264 e. The highest BCUT2D eigenvalue weighted by atomic mass is 32.2. The summed E-state index contributed by atoms with van der Waals surface area (Å²) in [4.78, 5) is 54.7. The van der Waals surface area contributed by atoms with Crippen LogP contribution in [0.5, 0.6) is 11.5 Å². The lowest BCUT2D eigenvalue weighted by Gasteiger charge is -2.22. The minimum absolute atomic E-state index is 0.0984. The number of ether oxygens (including phenoxy) is 2. The van der Waals surface area contributed by atoms with Gasteiger partial charge in [0.15, 0.2) is 0 Å². The average Bonchev–Trinajstić information content (AvgIpc) is 4.37. The van der Waals surface area contributed by atoms with Crippen LogP contribution in [-0.4, -0.2) is 82.6 Å². The van der Waals surface area contributed by atoms with Gasteiger partial charge in [-0.05, 0) is 90.9 Å². The first-order valence-corrected chi connectivity index (χ1v) is 29.2. The average molecular weight is 1110 g/mol. The Labute approximate surface area is 461 Å². The Morgan fingerprint density at radius 3 is 1.56 bits per heavy atom. The van der Waals surface area contributed by atoms with E-state index in [0.717, 1.165) is 35.3 Å². The van der Waals surface area contributed by atoms with Gasteiger partial charge in [-0.3, -0.25) is 24.1 Å². The van der Waals surface area contributed by atoms with Crippen molar-refractivity contribution in [1.82, 2.24) is 30.3 Å². The summed E-state index contributed by atoms with van der Waals surface area (Å²) in [6.45, 7) is 11.3. The van der Waals surface area contributed by atoms with Crippen LogP contribution in [0.1, 0.15) is 42.4 Å². The molecule has 16 nitrogen and oxygen atoms in total. The molecule has 5 N–H and O–H groups in total. The van der Waals surface area contributed by atoms with E-state index in [9.17, 15) is 36.0 Å². The molecule has 0 aromatic heterocycles. The summed E-state index contributed by atoms with van der Waals surface area (Å²) in [6.07, 6.45) is 5.07. The standard InChI is InChI=1S/C37H37N3O5S.C24H27N3O5S/c1-2-31-23-37(31,36(42)39-46(43,44)33-18-11-17-32(22-33)45-26-27-12-5-3-6-13-27)38-35(41)30-20-21-40(25-30)24-29-16-9-10-19-34(29)28-14-7-4-8-15-28;1-2-19-14-24(19,26-22(28)18-11-12-25-15-18)23(29)27-33(30,31)21-10-6-9-20(13-21)32-16-17-7-4-3-5-8-17/h2-19,22,30-31H,1,20-21,23-26H2,(H,38,41)(H,39,42);2-10,13,18-19,25H,1,11-12,14-16H2,(H,26,28)(H,27,29)/t30-,31+,37+;18-,19+,24+/m00/s1. The quantitative estimate of drug-likeness (QED) is 0.0458. The molecule has 4 fully saturated rings. The summed E-state index contributed by atoms with van der Waals surface area (Å²) in [5.41, 5.74) is 2.71. The summed E-state index contributed by atoms with van der Waals surface area (Å²) in [5, 5.41) is 8.81. The third kappa shape index (κ3) is 13.5. The van der Waals surface area contributed by atoms with Gasteiger partial charge in [-0.15, -0.1) is 13.2 Å². The van der Waals surface area contributed by atoms with Crippen LogP contribution in [0.2, 0.25) is 0 Å². The van der Waals surface area contributed by atoms with Crippen LogP contribution >= 0.6 is 0 Å². The van der Waals surface area contributed by atoms with Crippen molar-refractivity contribution in [2.75, 3.05) is 26.2 Å². The second-order valence-corrected chi connectivity index (χ2v) is 23.7. The van der Waals surface area contributed by atoms with Crippen molar-refractivity contribution in [3.63, 3.8) is 0 Å². The lowest BCUT2D eigenvalue weighted by Crippen LogP contribution is -2.53. The van der Waals surface area contributed by atoms with Gasteiger partial charge >= 0.3 is 0 Å². The zero-order valence-corrected chi connectivity index (χ0v) is 45.2. The highest BCUT2D eigenvalue weighted by molar-refractivity contribution is 7.90. The summed E-state index contributed by atoms with van der Waals surface area (Å²) in [7, 11) is -8.41. The maximum atomic E-state index is 13.5. The number of nitrogens with zero attached hydrogens (tertiary/aromatic N) is 1. The lowest BCUT2D eigenvalue weighted by atomic mass is 9.99. The second kappa shape index (κ2) is 24.4. The Kier molecular flexibility index (Phi) is 17.3. The third-order valence-electron chi connectivity index (χ3n) is 14.9. The highest BCUT2D eigenvalue weighted by Gasteiger charge is 2.62. The van der Waals surface area contributed by atoms with E-state index in [2.05, 4.69) is 67.7 Å². The minimum Gasteiger partial charge on any atom is -0.489 e. The van der Waals surface area contributed by atoms with Gasteiger partial charge < -0.3 is 25.4 Å². The third-order valence-corrected chi connectivity index (χ3v) is 17.5. The fraction of sp³-hybridized carbons (Fsp3) is 0.279. The van der Waals surface area contributed by atoms with Crippen LogP contribution in [0.25, 0.3) is 11.1 Å². The van der Waals surface area contributed by atoms with Gasteiger partial charge in [0.25, 0.3) is 31.9 Å². The van der Waals surface area contributed by atoms with Gasteiger partial charge in [0.05, 0.1) is 21.6 Å². The molecule has 2 saturated carbocycles. The molecule has 2 aliphatic heterocycles. The number of carbonyl (C=O) groups excluding carboxylic acids is 4. The molecule has 410 valence electrons. The van der Waals surface area contributed by atoms with Crippen molar-refractivity contribution >= 4 is 43.7 Å². The van der Waals surface area contributed by atoms with Crippen molar-refractivity contribution < 1.29 is 45.5 Å². The zero-order valence-electron chi connectivity index (χ0n) is 43.6. The molecule has 2 aliphatic carbocycles. The van der Waals surface area contributed by atoms with Gasteiger partial charge in [-0.25, -0.2) is 26.3 Å². The van der Waals surface area contributed by atoms with Gasteiger partial charge in [0.2, 0.25) is 11.8 Å². The van der Waals surface area contributed by atoms with E-state index in [-0.39, 0.29) is 64.9 Å². The predicted octanol–water partition coefficient (Wildman–Crippen LogP) is 7.06. The normalized spacial score (nSPS) is 22.2. The predicted molar refractivity (Wildman–Crippen MR) is 300 cm³/mol. The molecule has 0 radical (unpaired) electrons. The number of nitrogens with one attached hydrogen (secondary N) is 5. The fourth-order valence-corrected chi connectivity index (χ4v) is 12.2. The summed E-state index contributed by atoms with van der Waals surface area (Å²) in [6, 6.07) is 49.4. The van der Waals surface area contributed by atoms with Crippen LogP contribution in [0.3, 0.4) is 0 Å². The summed E-state index contributed by atoms with van der Waals surface area (Å²) < 4.78 is 68.3. The first-order valence-electron chi connectivity index (χ1n) is 26.2. The van der Waals surface area contributed by atoms with Crippen LogP contribution < -0.4 is 34.9 Å². The molecule has 6 aromatic rings. The van der Waals surface area contributed by atoms with E-state index >= 15 is 0 Å². The maximum absolute atomic E-state index is 13.5. The van der Waals surface area contributed by atoms with E-state index in [1.165, 1.54) is 29.8 Å². The highest BCUT2D eigenvalue weighted by Crippen LogP contribution is 2.46. The SMILES string of the molecule is C=C[C@@H]1C[C@]1(NC(=O)[C@H]1CCN(Cc2ccccc2-c2ccccc2)C1)C(=O)NS(=O)(=O)c1cccc(OCc2ccccc2)c1.C=C[C@@H]1C[C@]1(NC(=O)[C@H]1CCNC1)C(=O)NS(=O)(=O)c1cccc(OCc2ccccc2)c1. The van der Waals surface area contributed by atoms with Crippen LogP contribution in [-0.2, 0) is 59.0 Å². The van der Waals surface area contributed by atoms with Crippen molar-refractivity contribution in [3.8, 4) is 22.6 Å². The number of likely N-dealkylation sites (tertiary alicyclic amines) is 1. The molecule has 79 heavy (non-hydrogen) atoms. The van der Waals surface area contributed by atoms with Crippen LogP contribution in [0, 0.1) is 23.7 Å². The molecule has 6 aromatic carbocycles. The van der Waals surface area contributed by atoms with Crippen molar-refractivity contribution in [2.45, 2.75) is 66.3 Å². The van der Waals surface area contributed by atoms with Gasteiger partial charge in [-0.2, -0.15) is 0 Å². The van der Waals surface area contributed by atoms with E-state index in [4.69, 9.17) is 9.47 Å². The van der Waals surface area contributed by atoms with Crippen LogP contribution in [0.4, 0.5) is 0 Å². The van der Waals surface area contributed by atoms with Crippen molar-refractivity contribution in [3.05, 3.63) is 206 Å². The zero-order chi connectivity index (χ0) is 55.6. The fourth-order valence-electron chi connectivity index (χ4n) is 10.1. The molecular weight excluding hydrogens is 1040 g/mol. The number of sulfonamides is 2. The van der Waals surface area contributed by atoms with E-state index in [1.807, 2.05) is 91.0 Å². The molecular formula is C61H64N6O10S2. The molecule has 4 amide bonds. The van der Waals surface area contributed by atoms with Gasteiger partial charge in [0, 0.05) is 43.6 Å². The molecule has 4 aliphatic rings. The Hall–Kier alpha value is -7.90. The molecule has 0 spiro atoms. The van der Waals surface area contributed by atoms with E-state index in [0.29, 0.717) is 50.4 Å².